The summed E-state index contributed by atoms with van der Waals surface area (Å²) in [4.78, 5) is 23.7. The number of hydrogen-bond donors (Lipinski definition) is 1. The van der Waals surface area contributed by atoms with Gasteiger partial charge in [0.05, 0.1) is 20.1 Å². The fourth-order valence-electron chi connectivity index (χ4n) is 1.91. The maximum absolute atomic E-state index is 12.0. The van der Waals surface area contributed by atoms with Crippen molar-refractivity contribution in [1.29, 1.82) is 0 Å². The number of rotatable bonds is 8. The molecule has 1 amide bonds. The first-order valence-corrected chi connectivity index (χ1v) is 7.07. The molecule has 1 aromatic rings. The molecule has 0 aromatic heterocycles. The Morgan fingerprint density at radius 2 is 2.00 bits per heavy atom. The van der Waals surface area contributed by atoms with E-state index in [2.05, 4.69) is 5.32 Å². The summed E-state index contributed by atoms with van der Waals surface area (Å²) in [6.07, 6.45) is -0.791. The highest BCUT2D eigenvalue weighted by Crippen LogP contribution is 2.20. The van der Waals surface area contributed by atoms with Crippen LogP contribution in [0.5, 0.6) is 5.75 Å². The molecular weight excluding hydrogens is 286 g/mol. The maximum atomic E-state index is 12.0. The first-order valence-electron chi connectivity index (χ1n) is 7.07. The number of hydrogen-bond acceptors (Lipinski definition) is 5. The summed E-state index contributed by atoms with van der Waals surface area (Å²) in [7, 11) is 3.09. The molecule has 1 aromatic carbocycles. The molecule has 1 atom stereocenters. The molecule has 0 saturated heterocycles. The highest BCUT2D eigenvalue weighted by atomic mass is 16.5. The number of benzene rings is 1. The Morgan fingerprint density at radius 3 is 2.64 bits per heavy atom. The summed E-state index contributed by atoms with van der Waals surface area (Å²) in [6.45, 7) is 4.25. The molecule has 22 heavy (non-hydrogen) atoms. The van der Waals surface area contributed by atoms with Gasteiger partial charge in [-0.25, -0.2) is 0 Å². The van der Waals surface area contributed by atoms with E-state index in [9.17, 15) is 9.59 Å². The van der Waals surface area contributed by atoms with Gasteiger partial charge in [0.15, 0.2) is 6.10 Å². The van der Waals surface area contributed by atoms with Crippen molar-refractivity contribution >= 4 is 11.9 Å². The minimum atomic E-state index is -0.847. The number of ether oxygens (including phenoxy) is 3. The van der Waals surface area contributed by atoms with Crippen molar-refractivity contribution in [3.05, 3.63) is 29.3 Å². The van der Waals surface area contributed by atoms with Gasteiger partial charge in [-0.15, -0.1) is 0 Å². The van der Waals surface area contributed by atoms with Crippen LogP contribution >= 0.6 is 0 Å². The standard InChI is InChI=1S/C16H23NO5/c1-11-5-6-14(21-4)13(9-11)10-15(18)22-12(2)16(19)17-7-8-20-3/h5-6,9,12H,7-8,10H2,1-4H3,(H,17,19)/t12-/m0/s1. The van der Waals surface area contributed by atoms with Gasteiger partial charge in [-0.1, -0.05) is 17.7 Å². The average Bonchev–Trinajstić information content (AvgIpc) is 2.47. The average molecular weight is 309 g/mol. The van der Waals surface area contributed by atoms with Crippen LogP contribution in [0.4, 0.5) is 0 Å². The lowest BCUT2D eigenvalue weighted by atomic mass is 10.1. The second-order valence-electron chi connectivity index (χ2n) is 4.91. The van der Waals surface area contributed by atoms with Gasteiger partial charge in [0.1, 0.15) is 5.75 Å². The van der Waals surface area contributed by atoms with Crippen molar-refractivity contribution in [2.24, 2.45) is 0 Å². The Balaban J connectivity index is 2.55. The quantitative estimate of drug-likeness (QED) is 0.578. The van der Waals surface area contributed by atoms with Gasteiger partial charge in [-0.05, 0) is 19.9 Å². The van der Waals surface area contributed by atoms with Crippen molar-refractivity contribution in [3.63, 3.8) is 0 Å². The lowest BCUT2D eigenvalue weighted by Gasteiger charge is -2.14. The molecule has 0 aliphatic carbocycles. The number of carbonyl (C=O) groups is 2. The normalized spacial score (nSPS) is 11.6. The fraction of sp³-hybridized carbons (Fsp3) is 0.500. The van der Waals surface area contributed by atoms with Gasteiger partial charge in [0.2, 0.25) is 0 Å². The highest BCUT2D eigenvalue weighted by Gasteiger charge is 2.18. The monoisotopic (exact) mass is 309 g/mol. The van der Waals surface area contributed by atoms with Gasteiger partial charge < -0.3 is 19.5 Å². The molecule has 0 fully saturated rings. The second-order valence-corrected chi connectivity index (χ2v) is 4.91. The van der Waals surface area contributed by atoms with Gasteiger partial charge >= 0.3 is 5.97 Å². The predicted octanol–water partition coefficient (Wildman–Crippen LogP) is 1.24. The lowest BCUT2D eigenvalue weighted by Crippen LogP contribution is -2.37. The van der Waals surface area contributed by atoms with Crippen LogP contribution in [-0.2, 0) is 25.5 Å². The molecule has 1 rings (SSSR count). The Bertz CT molecular complexity index is 515. The number of methoxy groups -OCH3 is 2. The molecular formula is C16H23NO5. The van der Waals surface area contributed by atoms with Crippen molar-refractivity contribution in [2.45, 2.75) is 26.4 Å². The number of carbonyl (C=O) groups excluding carboxylic acids is 2. The molecule has 0 saturated carbocycles. The van der Waals surface area contributed by atoms with E-state index in [1.807, 2.05) is 19.1 Å². The molecule has 1 N–H and O–H groups in total. The van der Waals surface area contributed by atoms with E-state index in [0.29, 0.717) is 18.9 Å². The van der Waals surface area contributed by atoms with Crippen LogP contribution in [0.2, 0.25) is 0 Å². The smallest absolute Gasteiger partial charge is 0.311 e. The molecule has 0 aliphatic heterocycles. The van der Waals surface area contributed by atoms with Crippen molar-refractivity contribution in [3.8, 4) is 5.75 Å². The minimum absolute atomic E-state index is 0.0561. The van der Waals surface area contributed by atoms with Crippen LogP contribution in [0.25, 0.3) is 0 Å². The number of nitrogens with one attached hydrogen (secondary N) is 1. The zero-order valence-corrected chi connectivity index (χ0v) is 13.5. The molecule has 0 radical (unpaired) electrons. The van der Waals surface area contributed by atoms with Crippen LogP contribution in [0.15, 0.2) is 18.2 Å². The first-order chi connectivity index (χ1) is 10.5. The Morgan fingerprint density at radius 1 is 1.27 bits per heavy atom. The third-order valence-corrected chi connectivity index (χ3v) is 3.05. The zero-order valence-electron chi connectivity index (χ0n) is 13.5. The summed E-state index contributed by atoms with van der Waals surface area (Å²) < 4.78 is 15.2. The number of amides is 1. The van der Waals surface area contributed by atoms with E-state index in [0.717, 1.165) is 11.1 Å². The molecule has 0 unspecified atom stereocenters. The molecule has 0 heterocycles. The third-order valence-electron chi connectivity index (χ3n) is 3.05. The minimum Gasteiger partial charge on any atom is -0.496 e. The fourth-order valence-corrected chi connectivity index (χ4v) is 1.91. The predicted molar refractivity (Wildman–Crippen MR) is 81.9 cm³/mol. The zero-order chi connectivity index (χ0) is 16.5. The van der Waals surface area contributed by atoms with Crippen LogP contribution in [0.1, 0.15) is 18.1 Å². The van der Waals surface area contributed by atoms with Crippen LogP contribution < -0.4 is 10.1 Å². The van der Waals surface area contributed by atoms with Crippen molar-refractivity contribution < 1.29 is 23.8 Å². The number of aryl methyl sites for hydroxylation is 1. The van der Waals surface area contributed by atoms with Crippen molar-refractivity contribution in [2.75, 3.05) is 27.4 Å². The van der Waals surface area contributed by atoms with Crippen molar-refractivity contribution in [1.82, 2.24) is 5.32 Å². The molecule has 0 bridgehead atoms. The van der Waals surface area contributed by atoms with E-state index in [4.69, 9.17) is 14.2 Å². The third kappa shape index (κ3) is 5.73. The lowest BCUT2D eigenvalue weighted by molar-refractivity contribution is -0.154. The topological polar surface area (TPSA) is 73.9 Å². The van der Waals surface area contributed by atoms with Gasteiger partial charge in [-0.3, -0.25) is 9.59 Å². The summed E-state index contributed by atoms with van der Waals surface area (Å²) in [5.74, 6) is -0.195. The Kier molecular flexibility index (Phi) is 7.39. The molecule has 0 spiro atoms. The summed E-state index contributed by atoms with van der Waals surface area (Å²) in [6, 6.07) is 5.57. The second kappa shape index (κ2) is 9.04. The van der Waals surface area contributed by atoms with E-state index in [-0.39, 0.29) is 12.3 Å². The highest BCUT2D eigenvalue weighted by molar-refractivity contribution is 5.84. The van der Waals surface area contributed by atoms with Crippen LogP contribution in [0, 0.1) is 6.92 Å². The molecule has 6 nitrogen and oxygen atoms in total. The molecule has 0 aliphatic rings. The summed E-state index contributed by atoms with van der Waals surface area (Å²) in [5, 5.41) is 2.62. The first kappa shape index (κ1) is 18.0. The van der Waals surface area contributed by atoms with Crippen LogP contribution in [-0.4, -0.2) is 45.4 Å². The molecule has 122 valence electrons. The Hall–Kier alpha value is -2.08. The van der Waals surface area contributed by atoms with Gasteiger partial charge in [-0.2, -0.15) is 0 Å². The summed E-state index contributed by atoms with van der Waals surface area (Å²) >= 11 is 0. The van der Waals surface area contributed by atoms with Gasteiger partial charge in [0, 0.05) is 19.2 Å². The summed E-state index contributed by atoms with van der Waals surface area (Å²) in [5.41, 5.74) is 1.76. The van der Waals surface area contributed by atoms with E-state index >= 15 is 0 Å². The number of esters is 1. The Labute approximate surface area is 130 Å². The largest absolute Gasteiger partial charge is 0.496 e. The maximum Gasteiger partial charge on any atom is 0.311 e. The van der Waals surface area contributed by atoms with E-state index in [1.165, 1.54) is 6.92 Å². The van der Waals surface area contributed by atoms with Gasteiger partial charge in [0.25, 0.3) is 5.91 Å². The van der Waals surface area contributed by atoms with E-state index in [1.54, 1.807) is 20.3 Å². The van der Waals surface area contributed by atoms with E-state index < -0.39 is 12.1 Å². The van der Waals surface area contributed by atoms with Crippen LogP contribution in [0.3, 0.4) is 0 Å². The molecule has 6 heteroatoms. The SMILES string of the molecule is COCCNC(=O)[C@H](C)OC(=O)Cc1cc(C)ccc1OC.